The number of H-pyrrole nitrogens is 1. The highest BCUT2D eigenvalue weighted by Crippen LogP contribution is 2.54. The molecule has 46 heavy (non-hydrogen) atoms. The number of hydrogen-bond donors (Lipinski definition) is 3. The summed E-state index contributed by atoms with van der Waals surface area (Å²) in [5, 5.41) is 22.3. The molecule has 1 aliphatic heterocycles. The first kappa shape index (κ1) is 36.7. The van der Waals surface area contributed by atoms with Crippen LogP contribution in [0.1, 0.15) is 130 Å². The minimum Gasteiger partial charge on any atom is -0.507 e. The van der Waals surface area contributed by atoms with Gasteiger partial charge in [0.05, 0.1) is 16.4 Å². The van der Waals surface area contributed by atoms with Crippen LogP contribution in [-0.4, -0.2) is 39.1 Å². The summed E-state index contributed by atoms with van der Waals surface area (Å²) in [4.78, 5) is 2.55. The van der Waals surface area contributed by atoms with Crippen molar-refractivity contribution in [2.45, 2.75) is 144 Å². The van der Waals surface area contributed by atoms with Crippen LogP contribution in [0.25, 0.3) is 0 Å². The molecule has 3 N–H and O–H groups in total. The molecule has 1 aromatic heterocycles. The van der Waals surface area contributed by atoms with Crippen LogP contribution < -0.4 is 10.1 Å². The SMILES string of the molecule is CC(C)(C)c1cc(SC2(Sc3cc(C(C)(C)C)c(OCCCc4cc[nH]n4)c(C(C)(C)C)c3)CCNCC2)cc(C(C)(C)C)c1O. The molecule has 4 rings (SSSR count). The van der Waals surface area contributed by atoms with E-state index in [0.29, 0.717) is 12.4 Å². The number of aromatic amines is 1. The molecule has 5 nitrogen and oxygen atoms in total. The van der Waals surface area contributed by atoms with Crippen molar-refractivity contribution in [3.63, 3.8) is 0 Å². The molecule has 2 aromatic carbocycles. The fourth-order valence-corrected chi connectivity index (χ4v) is 9.19. The summed E-state index contributed by atoms with van der Waals surface area (Å²) in [6.07, 6.45) is 5.80. The lowest BCUT2D eigenvalue weighted by molar-refractivity contribution is 0.293. The van der Waals surface area contributed by atoms with Crippen LogP contribution in [0.4, 0.5) is 0 Å². The van der Waals surface area contributed by atoms with Gasteiger partial charge in [0.25, 0.3) is 0 Å². The zero-order valence-electron chi connectivity index (χ0n) is 30.5. The molecule has 0 saturated carbocycles. The number of aryl methyl sites for hydroxylation is 1. The Balaban J connectivity index is 1.75. The number of ether oxygens (including phenoxy) is 1. The molecule has 7 heteroatoms. The number of phenolic OH excluding ortho intramolecular Hbond substituents is 1. The van der Waals surface area contributed by atoms with E-state index in [1.54, 1.807) is 0 Å². The third-order valence-corrected chi connectivity index (χ3v) is 11.7. The van der Waals surface area contributed by atoms with Gasteiger partial charge in [-0.2, -0.15) is 5.10 Å². The minimum absolute atomic E-state index is 0.0389. The molecular weight excluding hydrogens is 607 g/mol. The van der Waals surface area contributed by atoms with E-state index in [9.17, 15) is 5.11 Å². The molecule has 3 aromatic rings. The summed E-state index contributed by atoms with van der Waals surface area (Å²) in [7, 11) is 0. The lowest BCUT2D eigenvalue weighted by Gasteiger charge is -2.38. The van der Waals surface area contributed by atoms with Crippen LogP contribution in [0.5, 0.6) is 11.5 Å². The van der Waals surface area contributed by atoms with E-state index in [4.69, 9.17) is 4.74 Å². The van der Waals surface area contributed by atoms with E-state index in [2.05, 4.69) is 123 Å². The van der Waals surface area contributed by atoms with Crippen molar-refractivity contribution in [1.82, 2.24) is 15.5 Å². The number of aromatic nitrogens is 2. The highest BCUT2D eigenvalue weighted by Gasteiger charge is 2.38. The van der Waals surface area contributed by atoms with Crippen LogP contribution in [-0.2, 0) is 28.1 Å². The molecule has 254 valence electrons. The molecule has 0 amide bonds. The quantitative estimate of drug-likeness (QED) is 0.156. The standard InChI is InChI=1S/C39H59N3O2S2/c1-35(2,3)29-22-27(23-30(33(29)43)36(4,5)6)45-39(16-19-40-20-17-39)46-28-24-31(37(7,8)9)34(32(25-28)38(10,11)12)44-21-13-14-26-15-18-41-42-26/h15,18,22-25,40,43H,13-14,16-17,19-21H2,1-12H3,(H,41,42). The van der Waals surface area contributed by atoms with Crippen molar-refractivity contribution in [3.05, 3.63) is 64.5 Å². The van der Waals surface area contributed by atoms with Crippen LogP contribution >= 0.6 is 23.5 Å². The van der Waals surface area contributed by atoms with Crippen molar-refractivity contribution in [2.24, 2.45) is 0 Å². The monoisotopic (exact) mass is 665 g/mol. The van der Waals surface area contributed by atoms with E-state index in [-0.39, 0.29) is 25.7 Å². The van der Waals surface area contributed by atoms with E-state index >= 15 is 0 Å². The molecule has 1 fully saturated rings. The molecule has 0 spiro atoms. The number of piperidine rings is 1. The maximum absolute atomic E-state index is 11.4. The van der Waals surface area contributed by atoms with Crippen molar-refractivity contribution in [1.29, 1.82) is 0 Å². The number of nitrogens with one attached hydrogen (secondary N) is 2. The molecule has 0 atom stereocenters. The van der Waals surface area contributed by atoms with Gasteiger partial charge in [-0.05, 0) is 90.8 Å². The summed E-state index contributed by atoms with van der Waals surface area (Å²) < 4.78 is 6.66. The Kier molecular flexibility index (Phi) is 11.0. The molecule has 0 bridgehead atoms. The Labute approximate surface area is 287 Å². The summed E-state index contributed by atoms with van der Waals surface area (Å²) >= 11 is 4.02. The number of rotatable bonds is 9. The largest absolute Gasteiger partial charge is 0.507 e. The second-order valence-corrected chi connectivity index (χ2v) is 20.3. The van der Waals surface area contributed by atoms with Crippen LogP contribution in [0, 0.1) is 0 Å². The smallest absolute Gasteiger partial charge is 0.126 e. The molecule has 2 heterocycles. The van der Waals surface area contributed by atoms with Crippen molar-refractivity contribution in [2.75, 3.05) is 19.7 Å². The normalized spacial score (nSPS) is 16.1. The van der Waals surface area contributed by atoms with Crippen molar-refractivity contribution >= 4 is 23.5 Å². The first-order valence-corrected chi connectivity index (χ1v) is 18.6. The zero-order chi connectivity index (χ0) is 34.1. The number of aromatic hydroxyl groups is 1. The molecule has 0 unspecified atom stereocenters. The predicted octanol–water partition coefficient (Wildman–Crippen LogP) is 10.3. The van der Waals surface area contributed by atoms with Gasteiger partial charge in [-0.1, -0.05) is 83.1 Å². The van der Waals surface area contributed by atoms with E-state index in [1.807, 2.05) is 35.8 Å². The summed E-state index contributed by atoms with van der Waals surface area (Å²) in [6, 6.07) is 11.4. The average molecular weight is 666 g/mol. The summed E-state index contributed by atoms with van der Waals surface area (Å²) in [5.74, 6) is 1.49. The molecule has 0 radical (unpaired) electrons. The van der Waals surface area contributed by atoms with Gasteiger partial charge < -0.3 is 15.2 Å². The van der Waals surface area contributed by atoms with E-state index in [1.165, 1.54) is 20.9 Å². The Morgan fingerprint density at radius 2 is 1.20 bits per heavy atom. The number of nitrogens with zero attached hydrogens (tertiary/aromatic N) is 1. The van der Waals surface area contributed by atoms with E-state index in [0.717, 1.165) is 61.3 Å². The summed E-state index contributed by atoms with van der Waals surface area (Å²) in [5.41, 5.74) is 5.18. The van der Waals surface area contributed by atoms with Crippen LogP contribution in [0.15, 0.2) is 46.3 Å². The van der Waals surface area contributed by atoms with Gasteiger partial charge in [0.15, 0.2) is 0 Å². The third-order valence-electron chi connectivity index (χ3n) is 8.73. The lowest BCUT2D eigenvalue weighted by Crippen LogP contribution is -2.37. The van der Waals surface area contributed by atoms with Gasteiger partial charge in [-0.15, -0.1) is 23.5 Å². The second-order valence-electron chi connectivity index (χ2n) is 17.1. The zero-order valence-corrected chi connectivity index (χ0v) is 32.2. The maximum Gasteiger partial charge on any atom is 0.126 e. The minimum atomic E-state index is -0.160. The van der Waals surface area contributed by atoms with Gasteiger partial charge in [0.2, 0.25) is 0 Å². The molecular formula is C39H59N3O2S2. The lowest BCUT2D eigenvalue weighted by atomic mass is 9.79. The highest BCUT2D eigenvalue weighted by molar-refractivity contribution is 8.18. The van der Waals surface area contributed by atoms with Crippen LogP contribution in [0.3, 0.4) is 0 Å². The molecule has 1 saturated heterocycles. The Hall–Kier alpha value is -2.09. The first-order chi connectivity index (χ1) is 21.2. The Morgan fingerprint density at radius 3 is 1.61 bits per heavy atom. The van der Waals surface area contributed by atoms with E-state index < -0.39 is 0 Å². The molecule has 1 aliphatic rings. The van der Waals surface area contributed by atoms with Crippen molar-refractivity contribution in [3.8, 4) is 11.5 Å². The van der Waals surface area contributed by atoms with Crippen molar-refractivity contribution < 1.29 is 9.84 Å². The first-order valence-electron chi connectivity index (χ1n) is 17.0. The van der Waals surface area contributed by atoms with Gasteiger partial charge in [-0.25, -0.2) is 0 Å². The average Bonchev–Trinajstić information content (AvgIpc) is 3.44. The van der Waals surface area contributed by atoms with Gasteiger partial charge in [0, 0.05) is 38.2 Å². The molecule has 0 aliphatic carbocycles. The fourth-order valence-electron chi connectivity index (χ4n) is 6.06. The van der Waals surface area contributed by atoms with Gasteiger partial charge >= 0.3 is 0 Å². The third kappa shape index (κ3) is 9.08. The topological polar surface area (TPSA) is 70.2 Å². The second kappa shape index (κ2) is 13.8. The number of thioether (sulfide) groups is 2. The number of benzene rings is 2. The van der Waals surface area contributed by atoms with Crippen LogP contribution in [0.2, 0.25) is 0 Å². The number of hydrogen-bond acceptors (Lipinski definition) is 6. The maximum atomic E-state index is 11.4. The van der Waals surface area contributed by atoms with Gasteiger partial charge in [0.1, 0.15) is 11.5 Å². The summed E-state index contributed by atoms with van der Waals surface area (Å²) in [6.45, 7) is 29.6. The fraction of sp³-hybridized carbons (Fsp3) is 0.615. The Bertz CT molecular complexity index is 1390. The number of phenols is 1. The Morgan fingerprint density at radius 1 is 0.739 bits per heavy atom. The van der Waals surface area contributed by atoms with Gasteiger partial charge in [-0.3, -0.25) is 5.10 Å². The highest BCUT2D eigenvalue weighted by atomic mass is 32.2. The predicted molar refractivity (Wildman–Crippen MR) is 198 cm³/mol.